The van der Waals surface area contributed by atoms with Crippen LogP contribution in [-0.2, 0) is 4.74 Å². The molecule has 158 valence electrons. The van der Waals surface area contributed by atoms with Gasteiger partial charge in [0.1, 0.15) is 0 Å². The zero-order chi connectivity index (χ0) is 20.1. The van der Waals surface area contributed by atoms with E-state index in [-0.39, 0.29) is 6.04 Å². The summed E-state index contributed by atoms with van der Waals surface area (Å²) < 4.78 is 5.56. The van der Waals surface area contributed by atoms with Gasteiger partial charge >= 0.3 is 0 Å². The molecule has 4 heteroatoms. The third-order valence-corrected chi connectivity index (χ3v) is 8.33. The van der Waals surface area contributed by atoms with Crippen LogP contribution < -0.4 is 0 Å². The van der Waals surface area contributed by atoms with Gasteiger partial charge in [-0.25, -0.2) is 0 Å². The van der Waals surface area contributed by atoms with Crippen molar-refractivity contribution >= 4 is 0 Å². The molecule has 7 atom stereocenters. The number of benzene rings is 2. The minimum atomic E-state index is -0.605. The van der Waals surface area contributed by atoms with E-state index in [1.165, 1.54) is 11.1 Å². The van der Waals surface area contributed by atoms with Crippen molar-refractivity contribution in [2.45, 2.75) is 30.5 Å². The summed E-state index contributed by atoms with van der Waals surface area (Å²) in [6, 6.07) is 22.8. The normalized spacial score (nSPS) is 40.6. The van der Waals surface area contributed by atoms with Gasteiger partial charge in [-0.15, -0.1) is 0 Å². The molecule has 1 saturated carbocycles. The smallest absolute Gasteiger partial charge is 0.0860 e. The highest BCUT2D eigenvalue weighted by molar-refractivity contribution is 5.31. The number of ether oxygens (including phenoxy) is 1. The van der Waals surface area contributed by atoms with Crippen LogP contribution in [0.2, 0.25) is 0 Å². The highest BCUT2D eigenvalue weighted by atomic mass is 16.5. The zero-order valence-corrected chi connectivity index (χ0v) is 17.6. The van der Waals surface area contributed by atoms with Gasteiger partial charge in [-0.2, -0.15) is 0 Å². The van der Waals surface area contributed by atoms with Crippen molar-refractivity contribution in [2.24, 2.45) is 17.8 Å². The Kier molecular flexibility index (Phi) is 4.72. The second-order valence-electron chi connectivity index (χ2n) is 9.82. The average molecular weight is 405 g/mol. The van der Waals surface area contributed by atoms with Gasteiger partial charge in [0.25, 0.3) is 0 Å². The van der Waals surface area contributed by atoms with Gasteiger partial charge in [0.2, 0.25) is 0 Å². The Labute approximate surface area is 179 Å². The molecule has 1 aliphatic carbocycles. The molecule has 0 radical (unpaired) electrons. The van der Waals surface area contributed by atoms with Crippen LogP contribution >= 0.6 is 0 Å². The number of nitrogens with zero attached hydrogens (tertiary/aromatic N) is 2. The first-order valence-electron chi connectivity index (χ1n) is 11.6. The van der Waals surface area contributed by atoms with Crippen LogP contribution in [0.15, 0.2) is 60.7 Å². The van der Waals surface area contributed by atoms with Crippen LogP contribution in [0.25, 0.3) is 0 Å². The van der Waals surface area contributed by atoms with Crippen LogP contribution in [0.4, 0.5) is 0 Å². The molecule has 2 aromatic rings. The molecule has 2 aromatic carbocycles. The van der Waals surface area contributed by atoms with Crippen LogP contribution in [-0.4, -0.2) is 59.9 Å². The van der Waals surface area contributed by atoms with Gasteiger partial charge in [0.15, 0.2) is 0 Å². The average Bonchev–Trinajstić information content (AvgIpc) is 2.79. The molecule has 0 amide bonds. The SMILES string of the molecule is O[C@]1(CN2CCOCC2)[C@@H]2C[C@@H]3C[C@H]1[C@@H](c1ccccc1)N(C2)[C@@H]3c1ccccc1. The lowest BCUT2D eigenvalue weighted by Gasteiger charge is -2.67. The van der Waals surface area contributed by atoms with Crippen molar-refractivity contribution in [3.05, 3.63) is 71.8 Å². The summed E-state index contributed by atoms with van der Waals surface area (Å²) in [5.74, 6) is 1.30. The van der Waals surface area contributed by atoms with Gasteiger partial charge in [-0.1, -0.05) is 60.7 Å². The van der Waals surface area contributed by atoms with E-state index in [4.69, 9.17) is 4.74 Å². The van der Waals surface area contributed by atoms with Crippen molar-refractivity contribution in [2.75, 3.05) is 39.4 Å². The van der Waals surface area contributed by atoms with Gasteiger partial charge in [0, 0.05) is 50.1 Å². The van der Waals surface area contributed by atoms with Crippen molar-refractivity contribution in [1.29, 1.82) is 0 Å². The van der Waals surface area contributed by atoms with Gasteiger partial charge in [-0.3, -0.25) is 9.80 Å². The second kappa shape index (κ2) is 7.45. The van der Waals surface area contributed by atoms with Crippen molar-refractivity contribution in [1.82, 2.24) is 9.80 Å². The molecule has 0 aromatic heterocycles. The third kappa shape index (κ3) is 2.96. The van der Waals surface area contributed by atoms with E-state index in [9.17, 15) is 5.11 Å². The molecule has 30 heavy (non-hydrogen) atoms. The summed E-state index contributed by atoms with van der Waals surface area (Å²) in [6.45, 7) is 5.25. The van der Waals surface area contributed by atoms with Gasteiger partial charge in [0.05, 0.1) is 18.8 Å². The Morgan fingerprint density at radius 2 is 1.50 bits per heavy atom. The monoisotopic (exact) mass is 404 g/mol. The number of hydrogen-bond donors (Lipinski definition) is 1. The number of morpholine rings is 1. The molecule has 1 N–H and O–H groups in total. The predicted molar refractivity (Wildman–Crippen MR) is 117 cm³/mol. The largest absolute Gasteiger partial charge is 0.388 e. The molecule has 5 aliphatic rings. The fraction of sp³-hybridized carbons (Fsp3) is 0.538. The molecule has 7 rings (SSSR count). The van der Waals surface area contributed by atoms with E-state index < -0.39 is 5.60 Å². The van der Waals surface area contributed by atoms with Crippen LogP contribution in [0.1, 0.15) is 36.1 Å². The van der Waals surface area contributed by atoms with E-state index in [1.54, 1.807) is 0 Å². The fourth-order valence-corrected chi connectivity index (χ4v) is 7.10. The number of aliphatic hydroxyl groups is 1. The summed E-state index contributed by atoms with van der Waals surface area (Å²) >= 11 is 0. The molecule has 4 saturated heterocycles. The summed E-state index contributed by atoms with van der Waals surface area (Å²) in [7, 11) is 0. The molecular formula is C26H32N2O2. The van der Waals surface area contributed by atoms with E-state index >= 15 is 0 Å². The first-order chi connectivity index (χ1) is 14.7. The predicted octanol–water partition coefficient (Wildman–Crippen LogP) is 3.50. The van der Waals surface area contributed by atoms with E-state index in [0.717, 1.165) is 52.2 Å². The number of β-amino-alcohol motifs (C(OH)–C–C–N with tert-alkyl or cyclic N) is 1. The molecule has 4 nitrogen and oxygen atoms in total. The van der Waals surface area contributed by atoms with E-state index in [0.29, 0.717) is 23.8 Å². The van der Waals surface area contributed by atoms with Gasteiger partial charge in [-0.05, 0) is 29.9 Å². The first-order valence-corrected chi connectivity index (χ1v) is 11.6. The number of piperidine rings is 3. The lowest BCUT2D eigenvalue weighted by molar-refractivity contribution is -0.238. The van der Waals surface area contributed by atoms with Crippen molar-refractivity contribution < 1.29 is 9.84 Å². The van der Waals surface area contributed by atoms with Crippen molar-refractivity contribution in [3.63, 3.8) is 0 Å². The molecule has 1 unspecified atom stereocenters. The topological polar surface area (TPSA) is 35.9 Å². The van der Waals surface area contributed by atoms with E-state index in [2.05, 4.69) is 70.5 Å². The van der Waals surface area contributed by atoms with Crippen LogP contribution in [0, 0.1) is 17.8 Å². The quantitative estimate of drug-likeness (QED) is 0.846. The highest BCUT2D eigenvalue weighted by Gasteiger charge is 2.63. The zero-order valence-electron chi connectivity index (χ0n) is 17.6. The maximum Gasteiger partial charge on any atom is 0.0860 e. The third-order valence-electron chi connectivity index (χ3n) is 8.33. The molecular weight excluding hydrogens is 372 g/mol. The Hall–Kier alpha value is -1.72. The Bertz CT molecular complexity index is 869. The molecule has 4 aliphatic heterocycles. The number of hydrogen-bond acceptors (Lipinski definition) is 4. The Morgan fingerprint density at radius 1 is 0.867 bits per heavy atom. The molecule has 5 fully saturated rings. The minimum Gasteiger partial charge on any atom is -0.388 e. The molecule has 0 spiro atoms. The van der Waals surface area contributed by atoms with Crippen LogP contribution in [0.5, 0.6) is 0 Å². The summed E-state index contributed by atoms with van der Waals surface area (Å²) in [5.41, 5.74) is 2.20. The summed E-state index contributed by atoms with van der Waals surface area (Å²) in [6.07, 6.45) is 2.27. The summed E-state index contributed by atoms with van der Waals surface area (Å²) in [4.78, 5) is 5.18. The number of rotatable bonds is 4. The highest BCUT2D eigenvalue weighted by Crippen LogP contribution is 2.63. The Morgan fingerprint density at radius 3 is 2.17 bits per heavy atom. The lowest BCUT2D eigenvalue weighted by atomic mass is 9.53. The maximum atomic E-state index is 12.2. The van der Waals surface area contributed by atoms with Crippen molar-refractivity contribution in [3.8, 4) is 0 Å². The van der Waals surface area contributed by atoms with Gasteiger partial charge < -0.3 is 9.84 Å². The molecule has 4 heterocycles. The summed E-state index contributed by atoms with van der Waals surface area (Å²) in [5, 5.41) is 12.2. The van der Waals surface area contributed by atoms with E-state index in [1.807, 2.05) is 0 Å². The lowest BCUT2D eigenvalue weighted by Crippen LogP contribution is -2.71. The van der Waals surface area contributed by atoms with Crippen LogP contribution in [0.3, 0.4) is 0 Å². The Balaban J connectivity index is 1.38. The standard InChI is InChI=1S/C26H32N2O2/c29-26(18-27-11-13-30-14-12-27)22-15-21-16-23(26)25(20-9-5-2-6-10-20)28(17-22)24(21)19-7-3-1-4-8-19/h1-10,21-25,29H,11-18H2/t21-,22-,23+,24-,25-,26-/m1/s1. The maximum absolute atomic E-state index is 12.2. The fourth-order valence-electron chi connectivity index (χ4n) is 7.10. The molecule has 4 bridgehead atoms. The first kappa shape index (κ1) is 19.0. The second-order valence-corrected chi connectivity index (χ2v) is 9.82. The minimum absolute atomic E-state index is 0.287.